The molecule has 0 atom stereocenters. The van der Waals surface area contributed by atoms with Crippen molar-refractivity contribution in [2.45, 2.75) is 0 Å². The normalized spacial score (nSPS) is 11.3. The highest BCUT2D eigenvalue weighted by molar-refractivity contribution is 7.14. The lowest BCUT2D eigenvalue weighted by atomic mass is 10.1. The SMILES string of the molecule is O=C(/C=C/c1cccc(F)c1)Nc1nc(-c2ccc3[nH]c(=O)oc3c2)cs1. The number of hydrogen-bond donors (Lipinski definition) is 2. The van der Waals surface area contributed by atoms with Crippen LogP contribution in [-0.2, 0) is 4.79 Å². The maximum absolute atomic E-state index is 13.1. The maximum atomic E-state index is 13.1. The number of aromatic nitrogens is 2. The van der Waals surface area contributed by atoms with Gasteiger partial charge in [0.25, 0.3) is 0 Å². The third-order valence-electron chi connectivity index (χ3n) is 3.73. The van der Waals surface area contributed by atoms with Gasteiger partial charge in [-0.3, -0.25) is 15.1 Å². The minimum Gasteiger partial charge on any atom is -0.408 e. The minimum atomic E-state index is -0.515. The standard InChI is InChI=1S/C19H12FN3O3S/c20-13-3-1-2-11(8-13)4-7-17(24)23-18-21-15(10-27-18)12-5-6-14-16(9-12)26-19(25)22-14/h1-10H,(H,22,25)(H,21,23,24)/b7-4+. The molecule has 0 saturated heterocycles. The van der Waals surface area contributed by atoms with Crippen molar-refractivity contribution in [1.29, 1.82) is 0 Å². The van der Waals surface area contributed by atoms with E-state index in [0.29, 0.717) is 27.5 Å². The molecule has 0 radical (unpaired) electrons. The van der Waals surface area contributed by atoms with Crippen LogP contribution in [-0.4, -0.2) is 15.9 Å². The van der Waals surface area contributed by atoms with Gasteiger partial charge in [-0.05, 0) is 35.9 Å². The first-order valence-corrected chi connectivity index (χ1v) is 8.78. The molecule has 2 aromatic heterocycles. The predicted molar refractivity (Wildman–Crippen MR) is 102 cm³/mol. The number of carbonyl (C=O) groups is 1. The second-order valence-corrected chi connectivity index (χ2v) is 6.50. The molecular formula is C19H12FN3O3S. The molecule has 4 aromatic rings. The van der Waals surface area contributed by atoms with E-state index in [4.69, 9.17) is 4.42 Å². The predicted octanol–water partition coefficient (Wildman–Crippen LogP) is 4.04. The van der Waals surface area contributed by atoms with Crippen molar-refractivity contribution in [3.8, 4) is 11.3 Å². The number of benzene rings is 2. The van der Waals surface area contributed by atoms with Crippen LogP contribution in [0, 0.1) is 5.82 Å². The van der Waals surface area contributed by atoms with E-state index in [-0.39, 0.29) is 11.7 Å². The Morgan fingerprint density at radius 3 is 3.00 bits per heavy atom. The van der Waals surface area contributed by atoms with E-state index in [0.717, 1.165) is 5.56 Å². The topological polar surface area (TPSA) is 88.0 Å². The number of carbonyl (C=O) groups excluding carboxylic acids is 1. The Morgan fingerprint density at radius 2 is 2.15 bits per heavy atom. The molecule has 2 heterocycles. The van der Waals surface area contributed by atoms with E-state index in [9.17, 15) is 14.0 Å². The molecule has 0 aliphatic heterocycles. The maximum Gasteiger partial charge on any atom is 0.417 e. The summed E-state index contributed by atoms with van der Waals surface area (Å²) in [6, 6.07) is 11.2. The lowest BCUT2D eigenvalue weighted by Crippen LogP contribution is -2.07. The summed E-state index contributed by atoms with van der Waals surface area (Å²) in [5.74, 6) is -1.25. The molecule has 0 aliphatic rings. The third-order valence-corrected chi connectivity index (χ3v) is 4.48. The molecule has 27 heavy (non-hydrogen) atoms. The molecule has 0 spiro atoms. The van der Waals surface area contributed by atoms with Gasteiger partial charge in [-0.25, -0.2) is 14.2 Å². The largest absolute Gasteiger partial charge is 0.417 e. The highest BCUT2D eigenvalue weighted by Gasteiger charge is 2.09. The number of rotatable bonds is 4. The first kappa shape index (κ1) is 16.9. The van der Waals surface area contributed by atoms with Crippen molar-refractivity contribution in [3.63, 3.8) is 0 Å². The van der Waals surface area contributed by atoms with Crippen LogP contribution in [0.3, 0.4) is 0 Å². The van der Waals surface area contributed by atoms with Crippen molar-refractivity contribution >= 4 is 39.6 Å². The molecule has 134 valence electrons. The van der Waals surface area contributed by atoms with E-state index in [1.54, 1.807) is 35.7 Å². The third kappa shape index (κ3) is 3.85. The van der Waals surface area contributed by atoms with Crippen LogP contribution in [0.4, 0.5) is 9.52 Å². The number of halogens is 1. The van der Waals surface area contributed by atoms with Crippen molar-refractivity contribution in [1.82, 2.24) is 9.97 Å². The molecule has 6 nitrogen and oxygen atoms in total. The fourth-order valence-corrected chi connectivity index (χ4v) is 3.22. The summed E-state index contributed by atoms with van der Waals surface area (Å²) in [6.45, 7) is 0. The summed E-state index contributed by atoms with van der Waals surface area (Å²) in [7, 11) is 0. The number of amides is 1. The molecule has 0 fully saturated rings. The van der Waals surface area contributed by atoms with Gasteiger partial charge in [0.1, 0.15) is 5.82 Å². The average molecular weight is 381 g/mol. The summed E-state index contributed by atoms with van der Waals surface area (Å²) >= 11 is 1.27. The number of hydrogen-bond acceptors (Lipinski definition) is 5. The molecule has 0 bridgehead atoms. The Labute approximate surface area is 156 Å². The average Bonchev–Trinajstić information content (AvgIpc) is 3.25. The van der Waals surface area contributed by atoms with Gasteiger partial charge in [-0.1, -0.05) is 18.2 Å². The van der Waals surface area contributed by atoms with Gasteiger partial charge in [0, 0.05) is 17.0 Å². The monoisotopic (exact) mass is 381 g/mol. The molecule has 0 unspecified atom stereocenters. The highest BCUT2D eigenvalue weighted by Crippen LogP contribution is 2.27. The van der Waals surface area contributed by atoms with Gasteiger partial charge in [0.2, 0.25) is 5.91 Å². The van der Waals surface area contributed by atoms with Crippen LogP contribution in [0.15, 0.2) is 63.1 Å². The number of nitrogens with zero attached hydrogens (tertiary/aromatic N) is 1. The van der Waals surface area contributed by atoms with Crippen LogP contribution < -0.4 is 11.1 Å². The van der Waals surface area contributed by atoms with E-state index >= 15 is 0 Å². The molecule has 0 aliphatic carbocycles. The van der Waals surface area contributed by atoms with Crippen molar-refractivity contribution in [2.75, 3.05) is 5.32 Å². The quantitative estimate of drug-likeness (QED) is 0.522. The first-order valence-electron chi connectivity index (χ1n) is 7.90. The van der Waals surface area contributed by atoms with Crippen LogP contribution >= 0.6 is 11.3 Å². The van der Waals surface area contributed by atoms with Gasteiger partial charge >= 0.3 is 5.76 Å². The number of H-pyrrole nitrogens is 1. The van der Waals surface area contributed by atoms with Crippen LogP contribution in [0.1, 0.15) is 5.56 Å². The van der Waals surface area contributed by atoms with E-state index in [2.05, 4.69) is 15.3 Å². The first-order chi connectivity index (χ1) is 13.1. The Morgan fingerprint density at radius 1 is 1.26 bits per heavy atom. The summed E-state index contributed by atoms with van der Waals surface area (Å²) in [5, 5.41) is 4.88. The number of thiazole rings is 1. The summed E-state index contributed by atoms with van der Waals surface area (Å²) < 4.78 is 18.2. The number of aromatic amines is 1. The molecule has 1 amide bonds. The molecular weight excluding hydrogens is 369 g/mol. The van der Waals surface area contributed by atoms with Gasteiger partial charge in [0.05, 0.1) is 11.2 Å². The Kier molecular flexibility index (Phi) is 4.39. The minimum absolute atomic E-state index is 0.364. The van der Waals surface area contributed by atoms with Crippen molar-refractivity contribution < 1.29 is 13.6 Å². The second-order valence-electron chi connectivity index (χ2n) is 5.64. The molecule has 2 N–H and O–H groups in total. The zero-order valence-electron chi connectivity index (χ0n) is 13.7. The number of fused-ring (bicyclic) bond motifs is 1. The molecule has 2 aromatic carbocycles. The highest BCUT2D eigenvalue weighted by atomic mass is 32.1. The Hall–Kier alpha value is -3.52. The van der Waals surface area contributed by atoms with E-state index in [1.165, 1.54) is 35.6 Å². The zero-order chi connectivity index (χ0) is 18.8. The van der Waals surface area contributed by atoms with E-state index < -0.39 is 5.76 Å². The van der Waals surface area contributed by atoms with Crippen LogP contribution in [0.5, 0.6) is 0 Å². The molecule has 8 heteroatoms. The number of oxazole rings is 1. The number of anilines is 1. The molecule has 4 rings (SSSR count). The fraction of sp³-hybridized carbons (Fsp3) is 0. The fourth-order valence-electron chi connectivity index (χ4n) is 2.50. The van der Waals surface area contributed by atoms with Gasteiger partial charge < -0.3 is 4.42 Å². The Bertz CT molecular complexity index is 1220. The van der Waals surface area contributed by atoms with Crippen LogP contribution in [0.2, 0.25) is 0 Å². The zero-order valence-corrected chi connectivity index (χ0v) is 14.5. The number of nitrogens with one attached hydrogen (secondary N) is 2. The Balaban J connectivity index is 1.48. The summed E-state index contributed by atoms with van der Waals surface area (Å²) in [4.78, 5) is 30.2. The van der Waals surface area contributed by atoms with Crippen molar-refractivity contribution in [2.24, 2.45) is 0 Å². The lowest BCUT2D eigenvalue weighted by Gasteiger charge is -1.98. The smallest absolute Gasteiger partial charge is 0.408 e. The summed E-state index contributed by atoms with van der Waals surface area (Å²) in [5.41, 5.74) is 3.04. The van der Waals surface area contributed by atoms with Crippen LogP contribution in [0.25, 0.3) is 28.4 Å². The molecule has 0 saturated carbocycles. The lowest BCUT2D eigenvalue weighted by molar-refractivity contribution is -0.111. The second kappa shape index (κ2) is 7.00. The van der Waals surface area contributed by atoms with E-state index in [1.807, 2.05) is 0 Å². The van der Waals surface area contributed by atoms with Crippen molar-refractivity contribution in [3.05, 3.63) is 75.9 Å². The summed E-state index contributed by atoms with van der Waals surface area (Å²) in [6.07, 6.45) is 2.84. The van der Waals surface area contributed by atoms with Gasteiger partial charge in [-0.15, -0.1) is 11.3 Å². The van der Waals surface area contributed by atoms with Gasteiger partial charge in [-0.2, -0.15) is 0 Å². The van der Waals surface area contributed by atoms with Gasteiger partial charge in [0.15, 0.2) is 10.7 Å².